The molecule has 1 rings (SSSR count). The van der Waals surface area contributed by atoms with Crippen molar-refractivity contribution in [3.05, 3.63) is 0 Å². The fraction of sp³-hybridized carbons (Fsp3) is 0.786. The van der Waals surface area contributed by atoms with Crippen LogP contribution in [0.25, 0.3) is 0 Å². The van der Waals surface area contributed by atoms with E-state index < -0.39 is 17.4 Å². The molecule has 1 atom stereocenters. The SMILES string of the molecule is CCOC(=O)C(CC=O)(CC1CCCO1)C(=O)OCC. The van der Waals surface area contributed by atoms with Gasteiger partial charge in [-0.15, -0.1) is 0 Å². The molecule has 0 aromatic rings. The van der Waals surface area contributed by atoms with Crippen LogP contribution in [-0.4, -0.2) is 44.1 Å². The van der Waals surface area contributed by atoms with Crippen LogP contribution >= 0.6 is 0 Å². The highest BCUT2D eigenvalue weighted by Crippen LogP contribution is 2.35. The summed E-state index contributed by atoms with van der Waals surface area (Å²) in [6.45, 7) is 4.20. The number of ether oxygens (including phenoxy) is 3. The van der Waals surface area contributed by atoms with Crippen molar-refractivity contribution in [1.29, 1.82) is 0 Å². The van der Waals surface area contributed by atoms with Crippen molar-refractivity contribution in [2.24, 2.45) is 5.41 Å². The van der Waals surface area contributed by atoms with Gasteiger partial charge in [0.1, 0.15) is 6.29 Å². The zero-order valence-corrected chi connectivity index (χ0v) is 12.1. The second-order valence-corrected chi connectivity index (χ2v) is 4.73. The predicted octanol–water partition coefficient (Wildman–Crippen LogP) is 1.26. The molecular weight excluding hydrogens is 264 g/mol. The maximum Gasteiger partial charge on any atom is 0.324 e. The van der Waals surface area contributed by atoms with Crippen LogP contribution in [0.1, 0.15) is 39.5 Å². The fourth-order valence-corrected chi connectivity index (χ4v) is 2.37. The summed E-state index contributed by atoms with van der Waals surface area (Å²) in [6.07, 6.45) is 1.87. The minimum atomic E-state index is -1.58. The van der Waals surface area contributed by atoms with Gasteiger partial charge < -0.3 is 19.0 Å². The quantitative estimate of drug-likeness (QED) is 0.380. The van der Waals surface area contributed by atoms with E-state index in [4.69, 9.17) is 14.2 Å². The Bertz CT molecular complexity index is 328. The standard InChI is InChI=1S/C14H22O6/c1-3-18-12(16)14(7-8-15,13(17)19-4-2)10-11-6-5-9-20-11/h8,11H,3-7,9-10H2,1-2H3. The van der Waals surface area contributed by atoms with E-state index in [1.807, 2.05) is 0 Å². The highest BCUT2D eigenvalue weighted by molar-refractivity contribution is 6.02. The van der Waals surface area contributed by atoms with Gasteiger partial charge in [-0.2, -0.15) is 0 Å². The second-order valence-electron chi connectivity index (χ2n) is 4.73. The van der Waals surface area contributed by atoms with Crippen LogP contribution in [0.2, 0.25) is 0 Å². The molecule has 6 nitrogen and oxygen atoms in total. The van der Waals surface area contributed by atoms with Crippen molar-refractivity contribution < 1.29 is 28.6 Å². The van der Waals surface area contributed by atoms with Crippen molar-refractivity contribution in [2.75, 3.05) is 19.8 Å². The molecule has 0 radical (unpaired) electrons. The van der Waals surface area contributed by atoms with Crippen molar-refractivity contribution in [2.45, 2.75) is 45.6 Å². The van der Waals surface area contributed by atoms with Crippen molar-refractivity contribution in [1.82, 2.24) is 0 Å². The van der Waals surface area contributed by atoms with Crippen molar-refractivity contribution in [3.63, 3.8) is 0 Å². The molecule has 0 N–H and O–H groups in total. The van der Waals surface area contributed by atoms with Gasteiger partial charge in [0.05, 0.1) is 19.3 Å². The first-order valence-corrected chi connectivity index (χ1v) is 7.00. The summed E-state index contributed by atoms with van der Waals surface area (Å²) in [5.74, 6) is -1.41. The van der Waals surface area contributed by atoms with Crippen LogP contribution in [-0.2, 0) is 28.6 Å². The largest absolute Gasteiger partial charge is 0.465 e. The minimum Gasteiger partial charge on any atom is -0.465 e. The Kier molecular flexibility index (Phi) is 6.64. The van der Waals surface area contributed by atoms with Gasteiger partial charge in [0.2, 0.25) is 0 Å². The van der Waals surface area contributed by atoms with Crippen LogP contribution in [0.15, 0.2) is 0 Å². The molecule has 1 heterocycles. The van der Waals surface area contributed by atoms with E-state index in [-0.39, 0.29) is 32.2 Å². The lowest BCUT2D eigenvalue weighted by Gasteiger charge is -2.29. The molecule has 0 bridgehead atoms. The molecule has 6 heteroatoms. The lowest BCUT2D eigenvalue weighted by Crippen LogP contribution is -2.45. The summed E-state index contributed by atoms with van der Waals surface area (Å²) < 4.78 is 15.4. The van der Waals surface area contributed by atoms with Gasteiger partial charge in [0.15, 0.2) is 5.41 Å². The van der Waals surface area contributed by atoms with Crippen LogP contribution < -0.4 is 0 Å². The summed E-state index contributed by atoms with van der Waals surface area (Å²) >= 11 is 0. The average Bonchev–Trinajstić information content (AvgIpc) is 2.91. The fourth-order valence-electron chi connectivity index (χ4n) is 2.37. The van der Waals surface area contributed by atoms with E-state index in [9.17, 15) is 14.4 Å². The average molecular weight is 286 g/mol. The van der Waals surface area contributed by atoms with Crippen LogP contribution in [0.3, 0.4) is 0 Å². The Hall–Kier alpha value is -1.43. The molecule has 1 saturated heterocycles. The Balaban J connectivity index is 2.99. The van der Waals surface area contributed by atoms with Gasteiger partial charge in [-0.1, -0.05) is 0 Å². The molecule has 1 unspecified atom stereocenters. The maximum absolute atomic E-state index is 12.2. The maximum atomic E-state index is 12.2. The molecule has 0 aromatic heterocycles. The van der Waals surface area contributed by atoms with Gasteiger partial charge in [-0.3, -0.25) is 9.59 Å². The molecule has 0 spiro atoms. The third-order valence-electron chi connectivity index (χ3n) is 3.36. The number of carbonyl (C=O) groups is 3. The van der Waals surface area contributed by atoms with E-state index in [1.54, 1.807) is 13.8 Å². The van der Waals surface area contributed by atoms with E-state index in [0.29, 0.717) is 12.9 Å². The predicted molar refractivity (Wildman–Crippen MR) is 70.0 cm³/mol. The van der Waals surface area contributed by atoms with E-state index >= 15 is 0 Å². The van der Waals surface area contributed by atoms with Gasteiger partial charge in [0, 0.05) is 19.4 Å². The summed E-state index contributed by atoms with van der Waals surface area (Å²) in [4.78, 5) is 35.4. The summed E-state index contributed by atoms with van der Waals surface area (Å²) in [5, 5.41) is 0. The molecule has 1 aliphatic heterocycles. The minimum absolute atomic E-state index is 0.128. The summed E-state index contributed by atoms with van der Waals surface area (Å²) in [5.41, 5.74) is -1.58. The lowest BCUT2D eigenvalue weighted by atomic mass is 9.79. The van der Waals surface area contributed by atoms with Gasteiger partial charge in [0.25, 0.3) is 0 Å². The molecule has 20 heavy (non-hydrogen) atoms. The van der Waals surface area contributed by atoms with E-state index in [0.717, 1.165) is 12.8 Å². The molecule has 0 saturated carbocycles. The van der Waals surface area contributed by atoms with E-state index in [1.165, 1.54) is 0 Å². The summed E-state index contributed by atoms with van der Waals surface area (Å²) in [6, 6.07) is 0. The highest BCUT2D eigenvalue weighted by Gasteiger charge is 2.50. The lowest BCUT2D eigenvalue weighted by molar-refractivity contribution is -0.176. The Morgan fingerprint density at radius 2 is 1.85 bits per heavy atom. The van der Waals surface area contributed by atoms with Gasteiger partial charge >= 0.3 is 11.9 Å². The van der Waals surface area contributed by atoms with Crippen LogP contribution in [0, 0.1) is 5.41 Å². The third-order valence-corrected chi connectivity index (χ3v) is 3.36. The Morgan fingerprint density at radius 3 is 2.25 bits per heavy atom. The number of carbonyl (C=O) groups excluding carboxylic acids is 3. The Morgan fingerprint density at radius 1 is 1.25 bits per heavy atom. The first-order chi connectivity index (χ1) is 9.60. The highest BCUT2D eigenvalue weighted by atomic mass is 16.6. The molecule has 0 amide bonds. The summed E-state index contributed by atoms with van der Waals surface area (Å²) in [7, 11) is 0. The number of hydrogen-bond acceptors (Lipinski definition) is 6. The number of aldehydes is 1. The topological polar surface area (TPSA) is 78.9 Å². The third kappa shape index (κ3) is 3.79. The smallest absolute Gasteiger partial charge is 0.324 e. The molecule has 1 aliphatic rings. The van der Waals surface area contributed by atoms with E-state index in [2.05, 4.69) is 0 Å². The Labute approximate surface area is 118 Å². The molecule has 1 fully saturated rings. The second kappa shape index (κ2) is 7.99. The van der Waals surface area contributed by atoms with Crippen LogP contribution in [0.5, 0.6) is 0 Å². The zero-order valence-electron chi connectivity index (χ0n) is 12.1. The molecular formula is C14H22O6. The van der Waals surface area contributed by atoms with Gasteiger partial charge in [-0.25, -0.2) is 0 Å². The number of rotatable bonds is 8. The molecule has 0 aromatic carbocycles. The first kappa shape index (κ1) is 16.6. The van der Waals surface area contributed by atoms with Crippen molar-refractivity contribution >= 4 is 18.2 Å². The first-order valence-electron chi connectivity index (χ1n) is 7.00. The van der Waals surface area contributed by atoms with Crippen LogP contribution in [0.4, 0.5) is 0 Å². The number of hydrogen-bond donors (Lipinski definition) is 0. The normalized spacial score (nSPS) is 18.6. The molecule has 114 valence electrons. The van der Waals surface area contributed by atoms with Gasteiger partial charge in [-0.05, 0) is 26.7 Å². The van der Waals surface area contributed by atoms with Crippen molar-refractivity contribution in [3.8, 4) is 0 Å². The molecule has 0 aliphatic carbocycles. The zero-order chi connectivity index (χ0) is 15.0. The number of esters is 2. The monoisotopic (exact) mass is 286 g/mol.